The van der Waals surface area contributed by atoms with E-state index in [2.05, 4.69) is 85.0 Å². The summed E-state index contributed by atoms with van der Waals surface area (Å²) in [5, 5.41) is 15.6. The Hall–Kier alpha value is 0.100. The maximum absolute atomic E-state index is 10.0. The molecule has 6 heteroatoms. The zero-order valence-electron chi connectivity index (χ0n) is 11.4. The van der Waals surface area contributed by atoms with E-state index in [1.807, 2.05) is 0 Å². The Morgan fingerprint density at radius 3 is 2.43 bits per heavy atom. The van der Waals surface area contributed by atoms with Crippen LogP contribution in [0.5, 0.6) is 5.75 Å². The summed E-state index contributed by atoms with van der Waals surface area (Å²) in [6.45, 7) is 4.18. The number of thiophene rings is 1. The summed E-state index contributed by atoms with van der Waals surface area (Å²) in [5.41, 5.74) is 1.27. The van der Waals surface area contributed by atoms with E-state index in [0.29, 0.717) is 5.75 Å². The smallest absolute Gasteiger partial charge is 0.142 e. The first kappa shape index (κ1) is 16.0. The maximum atomic E-state index is 10.0. The van der Waals surface area contributed by atoms with Gasteiger partial charge in [-0.05, 0) is 74.3 Å². The van der Waals surface area contributed by atoms with Crippen LogP contribution < -0.4 is 5.32 Å². The summed E-state index contributed by atoms with van der Waals surface area (Å²) in [6.07, 6.45) is 0. The van der Waals surface area contributed by atoms with Crippen molar-refractivity contribution in [1.29, 1.82) is 0 Å². The SMILES string of the molecule is Oc1c(I)cc([C@H](c2cccs2)N2CCNCC2)cc1I. The van der Waals surface area contributed by atoms with Gasteiger partial charge in [-0.3, -0.25) is 4.90 Å². The van der Waals surface area contributed by atoms with Crippen molar-refractivity contribution >= 4 is 56.5 Å². The summed E-state index contributed by atoms with van der Waals surface area (Å²) < 4.78 is 1.84. The van der Waals surface area contributed by atoms with Crippen molar-refractivity contribution in [1.82, 2.24) is 10.2 Å². The van der Waals surface area contributed by atoms with E-state index >= 15 is 0 Å². The molecule has 0 saturated carbocycles. The first-order chi connectivity index (χ1) is 10.2. The molecule has 1 aromatic heterocycles. The molecule has 0 unspecified atom stereocenters. The largest absolute Gasteiger partial charge is 0.506 e. The van der Waals surface area contributed by atoms with Crippen LogP contribution in [0.3, 0.4) is 0 Å². The highest BCUT2D eigenvalue weighted by atomic mass is 127. The van der Waals surface area contributed by atoms with Crippen LogP contribution in [0.15, 0.2) is 29.6 Å². The molecule has 3 nitrogen and oxygen atoms in total. The van der Waals surface area contributed by atoms with E-state index in [1.165, 1.54) is 10.4 Å². The predicted octanol–water partition coefficient (Wildman–Crippen LogP) is 3.66. The first-order valence-electron chi connectivity index (χ1n) is 6.83. The Morgan fingerprint density at radius 2 is 1.86 bits per heavy atom. The van der Waals surface area contributed by atoms with Crippen LogP contribution in [0.25, 0.3) is 0 Å². The van der Waals surface area contributed by atoms with Gasteiger partial charge in [-0.1, -0.05) is 6.07 Å². The van der Waals surface area contributed by atoms with Crippen molar-refractivity contribution in [2.24, 2.45) is 0 Å². The van der Waals surface area contributed by atoms with Gasteiger partial charge in [0.2, 0.25) is 0 Å². The third kappa shape index (κ3) is 3.54. The van der Waals surface area contributed by atoms with E-state index in [0.717, 1.165) is 33.3 Å². The lowest BCUT2D eigenvalue weighted by Gasteiger charge is -2.35. The molecule has 1 fully saturated rings. The molecule has 1 aliphatic heterocycles. The van der Waals surface area contributed by atoms with Gasteiger partial charge in [0.15, 0.2) is 0 Å². The van der Waals surface area contributed by atoms with E-state index in [1.54, 1.807) is 11.3 Å². The summed E-state index contributed by atoms with van der Waals surface area (Å²) in [4.78, 5) is 3.90. The number of halogens is 2. The second kappa shape index (κ2) is 7.12. The molecule has 3 rings (SSSR count). The Bertz CT molecular complexity index is 589. The van der Waals surface area contributed by atoms with Gasteiger partial charge in [0.25, 0.3) is 0 Å². The van der Waals surface area contributed by atoms with Gasteiger partial charge >= 0.3 is 0 Å². The van der Waals surface area contributed by atoms with E-state index in [-0.39, 0.29) is 6.04 Å². The average molecular weight is 526 g/mol. The van der Waals surface area contributed by atoms with Crippen molar-refractivity contribution in [3.63, 3.8) is 0 Å². The Balaban J connectivity index is 2.02. The molecule has 1 saturated heterocycles. The zero-order chi connectivity index (χ0) is 14.8. The average Bonchev–Trinajstić information content (AvgIpc) is 3.00. The number of hydrogen-bond donors (Lipinski definition) is 2. The minimum absolute atomic E-state index is 0.287. The number of phenols is 1. The zero-order valence-corrected chi connectivity index (χ0v) is 16.5. The fraction of sp³-hybridized carbons (Fsp3) is 0.333. The highest BCUT2D eigenvalue weighted by molar-refractivity contribution is 14.1. The monoisotopic (exact) mass is 526 g/mol. The Kier molecular flexibility index (Phi) is 5.41. The summed E-state index contributed by atoms with van der Waals surface area (Å²) in [6, 6.07) is 8.85. The second-order valence-electron chi connectivity index (χ2n) is 5.04. The number of hydrogen-bond acceptors (Lipinski definition) is 4. The van der Waals surface area contributed by atoms with Crippen LogP contribution in [0.2, 0.25) is 0 Å². The summed E-state index contributed by atoms with van der Waals surface area (Å²) in [5.74, 6) is 0.394. The Morgan fingerprint density at radius 1 is 1.19 bits per heavy atom. The minimum atomic E-state index is 0.287. The third-order valence-electron chi connectivity index (χ3n) is 3.68. The van der Waals surface area contributed by atoms with Crippen molar-refractivity contribution < 1.29 is 5.11 Å². The number of phenolic OH excluding ortho intramolecular Hbond substituents is 1. The molecule has 0 amide bonds. The van der Waals surface area contributed by atoms with Gasteiger partial charge in [0.1, 0.15) is 5.75 Å². The molecule has 1 aromatic carbocycles. The molecule has 1 atom stereocenters. The number of rotatable bonds is 3. The predicted molar refractivity (Wildman–Crippen MR) is 104 cm³/mol. The summed E-state index contributed by atoms with van der Waals surface area (Å²) in [7, 11) is 0. The van der Waals surface area contributed by atoms with Gasteiger partial charge in [-0.2, -0.15) is 0 Å². The van der Waals surface area contributed by atoms with Gasteiger partial charge in [0, 0.05) is 31.1 Å². The minimum Gasteiger partial charge on any atom is -0.506 e. The second-order valence-corrected chi connectivity index (χ2v) is 8.34. The molecule has 2 heterocycles. The standard InChI is InChI=1S/C15H16I2N2OS/c16-11-8-10(9-12(17)15(11)20)14(13-2-1-7-21-13)19-5-3-18-4-6-19/h1-2,7-9,14,18,20H,3-6H2/t14-/m1/s1. The Labute approximate surface area is 156 Å². The molecular formula is C15H16I2N2OS. The van der Waals surface area contributed by atoms with Crippen LogP contribution in [-0.2, 0) is 0 Å². The van der Waals surface area contributed by atoms with Crippen molar-refractivity contribution in [2.75, 3.05) is 26.2 Å². The van der Waals surface area contributed by atoms with E-state index < -0.39 is 0 Å². The fourth-order valence-corrected chi connectivity index (χ4v) is 5.39. The van der Waals surface area contributed by atoms with Crippen LogP contribution in [0.4, 0.5) is 0 Å². The van der Waals surface area contributed by atoms with Crippen LogP contribution >= 0.6 is 56.5 Å². The molecule has 0 aliphatic carbocycles. The number of nitrogens with one attached hydrogen (secondary N) is 1. The first-order valence-corrected chi connectivity index (χ1v) is 9.86. The van der Waals surface area contributed by atoms with Crippen LogP contribution in [0, 0.1) is 7.14 Å². The fourth-order valence-electron chi connectivity index (χ4n) is 2.69. The molecular weight excluding hydrogens is 510 g/mol. The van der Waals surface area contributed by atoms with Crippen LogP contribution in [-0.4, -0.2) is 36.2 Å². The number of piperazine rings is 1. The van der Waals surface area contributed by atoms with Gasteiger partial charge in [0.05, 0.1) is 13.2 Å². The van der Waals surface area contributed by atoms with Gasteiger partial charge in [-0.25, -0.2) is 0 Å². The molecule has 112 valence electrons. The molecule has 0 radical (unpaired) electrons. The maximum Gasteiger partial charge on any atom is 0.142 e. The van der Waals surface area contributed by atoms with Crippen molar-refractivity contribution in [2.45, 2.75) is 6.04 Å². The van der Waals surface area contributed by atoms with Crippen molar-refractivity contribution in [3.8, 4) is 5.75 Å². The molecule has 2 N–H and O–H groups in total. The van der Waals surface area contributed by atoms with E-state index in [9.17, 15) is 5.11 Å². The van der Waals surface area contributed by atoms with Gasteiger partial charge in [-0.15, -0.1) is 11.3 Å². The topological polar surface area (TPSA) is 35.5 Å². The normalized spacial score (nSPS) is 17.8. The highest BCUT2D eigenvalue weighted by Gasteiger charge is 2.25. The van der Waals surface area contributed by atoms with Crippen LogP contribution in [0.1, 0.15) is 16.5 Å². The molecule has 0 spiro atoms. The molecule has 0 bridgehead atoms. The molecule has 1 aliphatic rings. The van der Waals surface area contributed by atoms with Gasteiger partial charge < -0.3 is 10.4 Å². The lowest BCUT2D eigenvalue weighted by atomic mass is 10.0. The highest BCUT2D eigenvalue weighted by Crippen LogP contribution is 2.36. The lowest BCUT2D eigenvalue weighted by Crippen LogP contribution is -2.45. The number of nitrogens with zero attached hydrogens (tertiary/aromatic N) is 1. The van der Waals surface area contributed by atoms with Crippen molar-refractivity contribution in [3.05, 3.63) is 47.2 Å². The quantitative estimate of drug-likeness (QED) is 0.600. The molecule has 2 aromatic rings. The van der Waals surface area contributed by atoms with E-state index in [4.69, 9.17) is 0 Å². The third-order valence-corrected chi connectivity index (χ3v) is 6.25. The number of aromatic hydroxyl groups is 1. The molecule has 21 heavy (non-hydrogen) atoms. The number of benzene rings is 1. The summed E-state index contributed by atoms with van der Waals surface area (Å²) >= 11 is 6.24. The lowest BCUT2D eigenvalue weighted by molar-refractivity contribution is 0.200.